The lowest BCUT2D eigenvalue weighted by atomic mass is 9.91. The van der Waals surface area contributed by atoms with Gasteiger partial charge in [0.25, 0.3) is 0 Å². The SMILES string of the molecule is Cc1cccc(-c2csc(N3C[C@H]4C[C@@]4(C(=O)O)[C@@H]3C)n2)c1OCc1ccc2c(c1C)CCN(C1COC1)C2. The van der Waals surface area contributed by atoms with Crippen molar-refractivity contribution < 1.29 is 19.4 Å². The summed E-state index contributed by atoms with van der Waals surface area (Å²) in [6.07, 6.45) is 1.85. The van der Waals surface area contributed by atoms with Crippen LogP contribution in [0.3, 0.4) is 0 Å². The van der Waals surface area contributed by atoms with Gasteiger partial charge in [-0.05, 0) is 73.4 Å². The highest BCUT2D eigenvalue weighted by Gasteiger charge is 2.70. The van der Waals surface area contributed by atoms with Crippen LogP contribution >= 0.6 is 11.3 Å². The van der Waals surface area contributed by atoms with E-state index >= 15 is 0 Å². The molecule has 3 atom stereocenters. The summed E-state index contributed by atoms with van der Waals surface area (Å²) in [5.41, 5.74) is 7.82. The molecule has 1 aliphatic carbocycles. The number of nitrogens with zero attached hydrogens (tertiary/aromatic N) is 3. The Morgan fingerprint density at radius 2 is 2.10 bits per heavy atom. The molecule has 3 fully saturated rings. The molecule has 2 aromatic carbocycles. The maximum absolute atomic E-state index is 11.9. The fourth-order valence-electron chi connectivity index (χ4n) is 6.97. The van der Waals surface area contributed by atoms with Crippen molar-refractivity contribution in [1.29, 1.82) is 0 Å². The van der Waals surface area contributed by atoms with Gasteiger partial charge in [0.1, 0.15) is 12.4 Å². The van der Waals surface area contributed by atoms with Gasteiger partial charge in [-0.25, -0.2) is 4.98 Å². The Morgan fingerprint density at radius 3 is 2.85 bits per heavy atom. The first-order valence-electron chi connectivity index (χ1n) is 14.0. The third-order valence-corrected chi connectivity index (χ3v) is 10.6. The average molecular weight is 546 g/mol. The minimum Gasteiger partial charge on any atom is -0.488 e. The Hall–Kier alpha value is -2.94. The smallest absolute Gasteiger partial charge is 0.312 e. The molecule has 204 valence electrons. The molecule has 2 saturated heterocycles. The van der Waals surface area contributed by atoms with Gasteiger partial charge in [0.2, 0.25) is 0 Å². The summed E-state index contributed by atoms with van der Waals surface area (Å²) >= 11 is 1.59. The summed E-state index contributed by atoms with van der Waals surface area (Å²) in [5.74, 6) is 0.420. The molecule has 39 heavy (non-hydrogen) atoms. The molecule has 3 aromatic rings. The molecule has 4 aliphatic rings. The van der Waals surface area contributed by atoms with Crippen molar-refractivity contribution in [1.82, 2.24) is 9.88 Å². The Bertz CT molecular complexity index is 1450. The minimum atomic E-state index is -0.670. The van der Waals surface area contributed by atoms with Gasteiger partial charge < -0.3 is 19.5 Å². The van der Waals surface area contributed by atoms with Gasteiger partial charge in [-0.3, -0.25) is 9.69 Å². The zero-order valence-electron chi connectivity index (χ0n) is 22.8. The lowest BCUT2D eigenvalue weighted by Gasteiger charge is -2.40. The molecule has 0 unspecified atom stereocenters. The number of carboxylic acid groups (broad SMARTS) is 1. The van der Waals surface area contributed by atoms with Crippen LogP contribution in [0.4, 0.5) is 5.13 Å². The molecule has 0 radical (unpaired) electrons. The quantitative estimate of drug-likeness (QED) is 0.445. The highest BCUT2D eigenvalue weighted by Crippen LogP contribution is 2.62. The van der Waals surface area contributed by atoms with E-state index in [4.69, 9.17) is 14.5 Å². The lowest BCUT2D eigenvalue weighted by molar-refractivity contribution is -0.144. The van der Waals surface area contributed by atoms with E-state index in [2.05, 4.69) is 53.3 Å². The molecule has 8 heteroatoms. The number of hydrogen-bond acceptors (Lipinski definition) is 7. The van der Waals surface area contributed by atoms with Crippen molar-refractivity contribution in [2.75, 3.05) is 31.2 Å². The molecule has 0 bridgehead atoms. The first-order valence-corrected chi connectivity index (χ1v) is 14.8. The highest BCUT2D eigenvalue weighted by atomic mass is 32.1. The summed E-state index contributed by atoms with van der Waals surface area (Å²) in [6.45, 7) is 11.4. The zero-order chi connectivity index (χ0) is 26.9. The van der Waals surface area contributed by atoms with E-state index in [1.165, 1.54) is 22.3 Å². The topological polar surface area (TPSA) is 75.1 Å². The Kier molecular flexibility index (Phi) is 5.99. The van der Waals surface area contributed by atoms with Gasteiger partial charge >= 0.3 is 5.97 Å². The van der Waals surface area contributed by atoms with Crippen molar-refractivity contribution in [3.8, 4) is 17.0 Å². The lowest BCUT2D eigenvalue weighted by Crippen LogP contribution is -2.50. The van der Waals surface area contributed by atoms with Crippen molar-refractivity contribution in [3.63, 3.8) is 0 Å². The van der Waals surface area contributed by atoms with Gasteiger partial charge in [0.05, 0.1) is 30.4 Å². The number of benzene rings is 2. The monoisotopic (exact) mass is 545 g/mol. The van der Waals surface area contributed by atoms with Crippen molar-refractivity contribution in [2.24, 2.45) is 11.3 Å². The van der Waals surface area contributed by atoms with Crippen LogP contribution in [0.2, 0.25) is 0 Å². The summed E-state index contributed by atoms with van der Waals surface area (Å²) in [4.78, 5) is 21.7. The van der Waals surface area contributed by atoms with Crippen molar-refractivity contribution in [2.45, 2.75) is 58.8 Å². The van der Waals surface area contributed by atoms with E-state index in [1.54, 1.807) is 11.3 Å². The fraction of sp³-hybridized carbons (Fsp3) is 0.484. The largest absolute Gasteiger partial charge is 0.488 e. The highest BCUT2D eigenvalue weighted by molar-refractivity contribution is 7.14. The van der Waals surface area contributed by atoms with Gasteiger partial charge in [-0.2, -0.15) is 0 Å². The summed E-state index contributed by atoms with van der Waals surface area (Å²) < 4.78 is 11.9. The van der Waals surface area contributed by atoms with E-state index in [0.717, 1.165) is 73.4 Å². The van der Waals surface area contributed by atoms with E-state index in [9.17, 15) is 9.90 Å². The second kappa shape index (κ2) is 9.32. The number of hydrogen-bond donors (Lipinski definition) is 1. The van der Waals surface area contributed by atoms with Crippen LogP contribution in [-0.2, 0) is 29.1 Å². The van der Waals surface area contributed by atoms with Crippen LogP contribution in [0.1, 0.15) is 41.2 Å². The number of ether oxygens (including phenoxy) is 2. The molecule has 0 spiro atoms. The molecule has 3 aliphatic heterocycles. The number of piperidine rings is 1. The van der Waals surface area contributed by atoms with Crippen LogP contribution in [0.5, 0.6) is 5.75 Å². The number of aryl methyl sites for hydroxylation is 1. The normalized spacial score (nSPS) is 26.2. The maximum atomic E-state index is 11.9. The molecule has 0 amide bonds. The van der Waals surface area contributed by atoms with Crippen LogP contribution in [0, 0.1) is 25.2 Å². The van der Waals surface area contributed by atoms with Crippen LogP contribution in [0.15, 0.2) is 35.7 Å². The second-order valence-electron chi connectivity index (χ2n) is 11.7. The average Bonchev–Trinajstić information content (AvgIpc) is 3.29. The number of aliphatic carboxylic acids is 1. The molecule has 7 rings (SSSR count). The second-order valence-corrected chi connectivity index (χ2v) is 12.6. The molecule has 1 N–H and O–H groups in total. The van der Waals surface area contributed by atoms with Gasteiger partial charge in [0.15, 0.2) is 5.13 Å². The fourth-order valence-corrected chi connectivity index (χ4v) is 7.89. The molecule has 7 nitrogen and oxygen atoms in total. The van der Waals surface area contributed by atoms with Crippen LogP contribution < -0.4 is 9.64 Å². The standard InChI is InChI=1S/C31H35N3O4S/c1-18-5-4-6-26(27-17-39-30(32-27)34-13-23-11-31(23,20(34)3)29(35)36)28(18)38-14-22-8-7-21-12-33(24-15-37-16-24)10-9-25(21)19(22)2/h4-8,17,20,23-24H,9-16H2,1-3H3,(H,35,36)/t20-,23+,31+/m0/s1. The summed E-state index contributed by atoms with van der Waals surface area (Å²) in [5, 5.41) is 12.8. The number of carbonyl (C=O) groups is 1. The van der Waals surface area contributed by atoms with E-state index in [1.807, 2.05) is 13.0 Å². The number of fused-ring (bicyclic) bond motifs is 2. The number of aromatic nitrogens is 1. The minimum absolute atomic E-state index is 0.0478. The van der Waals surface area contributed by atoms with Crippen molar-refractivity contribution in [3.05, 3.63) is 63.5 Å². The Labute approximate surface area is 233 Å². The Balaban J connectivity index is 1.10. The number of carboxylic acids is 1. The van der Waals surface area contributed by atoms with Gasteiger partial charge in [-0.1, -0.05) is 24.3 Å². The van der Waals surface area contributed by atoms with Gasteiger partial charge in [0, 0.05) is 36.6 Å². The third-order valence-electron chi connectivity index (χ3n) is 9.75. The molecule has 1 saturated carbocycles. The zero-order valence-corrected chi connectivity index (χ0v) is 23.6. The summed E-state index contributed by atoms with van der Waals surface area (Å²) in [7, 11) is 0. The number of rotatable bonds is 7. The van der Waals surface area contributed by atoms with Crippen molar-refractivity contribution >= 4 is 22.4 Å². The van der Waals surface area contributed by atoms with E-state index in [-0.39, 0.29) is 12.0 Å². The number of anilines is 1. The van der Waals surface area contributed by atoms with E-state index in [0.29, 0.717) is 12.6 Å². The third kappa shape index (κ3) is 3.99. The maximum Gasteiger partial charge on any atom is 0.312 e. The first kappa shape index (κ1) is 25.1. The van der Waals surface area contributed by atoms with Gasteiger partial charge in [-0.15, -0.1) is 11.3 Å². The van der Waals surface area contributed by atoms with Crippen LogP contribution in [-0.4, -0.2) is 59.3 Å². The first-order chi connectivity index (χ1) is 18.9. The molecule has 4 heterocycles. The molecule has 1 aromatic heterocycles. The predicted molar refractivity (Wildman–Crippen MR) is 152 cm³/mol. The number of thiazole rings is 1. The predicted octanol–water partition coefficient (Wildman–Crippen LogP) is 5.06. The molecular formula is C31H35N3O4S. The Morgan fingerprint density at radius 1 is 1.26 bits per heavy atom. The summed E-state index contributed by atoms with van der Waals surface area (Å²) in [6, 6.07) is 11.2. The number of para-hydroxylation sites is 1. The van der Waals surface area contributed by atoms with Crippen LogP contribution in [0.25, 0.3) is 11.3 Å². The van der Waals surface area contributed by atoms with E-state index < -0.39 is 11.4 Å². The molecular weight excluding hydrogens is 510 g/mol.